The zero-order valence-corrected chi connectivity index (χ0v) is 10.8. The van der Waals surface area contributed by atoms with Crippen LogP contribution in [0.1, 0.15) is 32.6 Å². The van der Waals surface area contributed by atoms with Crippen molar-refractivity contribution < 1.29 is 4.74 Å². The molecule has 2 nitrogen and oxygen atoms in total. The highest BCUT2D eigenvalue weighted by atomic mass is 16.5. The van der Waals surface area contributed by atoms with Crippen molar-refractivity contribution in [1.29, 1.82) is 0 Å². The summed E-state index contributed by atoms with van der Waals surface area (Å²) in [7, 11) is 1.90. The highest BCUT2D eigenvalue weighted by Gasteiger charge is 1.93. The quantitative estimate of drug-likeness (QED) is 0.595. The summed E-state index contributed by atoms with van der Waals surface area (Å²) in [5.41, 5.74) is 1.05. The summed E-state index contributed by atoms with van der Waals surface area (Å²) in [6, 6.07) is 7.89. The lowest BCUT2D eigenvalue weighted by Crippen LogP contribution is -1.95. The topological polar surface area (TPSA) is 21.3 Å². The fourth-order valence-corrected chi connectivity index (χ4v) is 1.46. The van der Waals surface area contributed by atoms with Crippen LogP contribution in [-0.2, 0) is 0 Å². The van der Waals surface area contributed by atoms with Crippen LogP contribution in [0.4, 0.5) is 5.69 Å². The Labute approximate surface area is 104 Å². The smallest absolute Gasteiger partial charge is 0.149 e. The van der Waals surface area contributed by atoms with Gasteiger partial charge in [-0.1, -0.05) is 37.7 Å². The van der Waals surface area contributed by atoms with E-state index in [2.05, 4.69) is 24.1 Å². The Kier molecular flexibility index (Phi) is 6.74. The maximum absolute atomic E-state index is 5.54. The second-order valence-electron chi connectivity index (χ2n) is 3.88. The average Bonchev–Trinajstić information content (AvgIpc) is 2.38. The van der Waals surface area contributed by atoms with Crippen LogP contribution in [0, 0.1) is 11.8 Å². The van der Waals surface area contributed by atoms with Gasteiger partial charge in [0.05, 0.1) is 0 Å². The molecule has 0 saturated carbocycles. The first-order chi connectivity index (χ1) is 8.36. The van der Waals surface area contributed by atoms with Crippen molar-refractivity contribution in [1.82, 2.24) is 0 Å². The molecule has 0 fully saturated rings. The Morgan fingerprint density at radius 1 is 1.24 bits per heavy atom. The summed E-state index contributed by atoms with van der Waals surface area (Å²) in [5, 5.41) is 3.08. The second-order valence-corrected chi connectivity index (χ2v) is 3.88. The van der Waals surface area contributed by atoms with E-state index in [0.29, 0.717) is 6.61 Å². The van der Waals surface area contributed by atoms with Gasteiger partial charge >= 0.3 is 0 Å². The van der Waals surface area contributed by atoms with E-state index < -0.39 is 0 Å². The van der Waals surface area contributed by atoms with Gasteiger partial charge < -0.3 is 10.1 Å². The van der Waals surface area contributed by atoms with Gasteiger partial charge in [-0.05, 0) is 18.6 Å². The van der Waals surface area contributed by atoms with Crippen LogP contribution in [0.25, 0.3) is 0 Å². The Bertz CT molecular complexity index is 376. The van der Waals surface area contributed by atoms with Crippen LogP contribution in [0.3, 0.4) is 0 Å². The van der Waals surface area contributed by atoms with Crippen LogP contribution in [-0.4, -0.2) is 13.7 Å². The first kappa shape index (κ1) is 13.4. The van der Waals surface area contributed by atoms with Gasteiger partial charge in [-0.3, -0.25) is 0 Å². The molecule has 0 aliphatic heterocycles. The number of nitrogens with one attached hydrogen (secondary N) is 1. The molecule has 1 aromatic rings. The molecule has 0 amide bonds. The number of unbranched alkanes of at least 4 members (excludes halogenated alkanes) is 3. The molecule has 0 bridgehead atoms. The Morgan fingerprint density at radius 3 is 2.88 bits per heavy atom. The number of hydrogen-bond acceptors (Lipinski definition) is 2. The molecule has 1 N–H and O–H groups in total. The maximum atomic E-state index is 5.54. The highest BCUT2D eigenvalue weighted by Crippen LogP contribution is 2.16. The van der Waals surface area contributed by atoms with Crippen LogP contribution in [0.15, 0.2) is 24.3 Å². The molecule has 92 valence electrons. The van der Waals surface area contributed by atoms with Gasteiger partial charge in [-0.25, -0.2) is 0 Å². The number of anilines is 1. The van der Waals surface area contributed by atoms with Gasteiger partial charge in [-0.2, -0.15) is 0 Å². The first-order valence-electron chi connectivity index (χ1n) is 6.23. The summed E-state index contributed by atoms with van der Waals surface area (Å²) in [6.07, 6.45) is 4.68. The van der Waals surface area contributed by atoms with Crippen LogP contribution >= 0.6 is 0 Å². The molecule has 17 heavy (non-hydrogen) atoms. The largest absolute Gasteiger partial charge is 0.481 e. The molecule has 0 heterocycles. The zero-order valence-electron chi connectivity index (χ0n) is 10.8. The molecule has 0 unspecified atom stereocenters. The van der Waals surface area contributed by atoms with Crippen molar-refractivity contribution in [3.8, 4) is 17.6 Å². The third-order valence-corrected chi connectivity index (χ3v) is 2.46. The molecule has 0 radical (unpaired) electrons. The Hall–Kier alpha value is -1.62. The molecule has 0 spiro atoms. The molecule has 0 aliphatic carbocycles. The van der Waals surface area contributed by atoms with E-state index >= 15 is 0 Å². The second kappa shape index (κ2) is 8.52. The van der Waals surface area contributed by atoms with Crippen molar-refractivity contribution in [3.05, 3.63) is 24.3 Å². The van der Waals surface area contributed by atoms with Gasteiger partial charge in [0.25, 0.3) is 0 Å². The van der Waals surface area contributed by atoms with E-state index in [9.17, 15) is 0 Å². The lowest BCUT2D eigenvalue weighted by Gasteiger charge is -2.04. The lowest BCUT2D eigenvalue weighted by molar-refractivity contribution is 0.370. The van der Waals surface area contributed by atoms with Crippen LogP contribution < -0.4 is 10.1 Å². The number of ether oxygens (including phenoxy) is 1. The normalized spacial score (nSPS) is 9.29. The molecule has 1 aromatic carbocycles. The molecular formula is C15H21NO. The van der Waals surface area contributed by atoms with E-state index in [1.54, 1.807) is 0 Å². The third-order valence-electron chi connectivity index (χ3n) is 2.46. The fraction of sp³-hybridized carbons (Fsp3) is 0.467. The zero-order chi connectivity index (χ0) is 12.3. The minimum atomic E-state index is 0.472. The van der Waals surface area contributed by atoms with E-state index in [4.69, 9.17) is 4.74 Å². The lowest BCUT2D eigenvalue weighted by atomic mass is 10.2. The molecule has 0 atom stereocenters. The van der Waals surface area contributed by atoms with Gasteiger partial charge in [0.1, 0.15) is 12.4 Å². The molecule has 0 aromatic heterocycles. The van der Waals surface area contributed by atoms with Gasteiger partial charge in [0.15, 0.2) is 0 Å². The third kappa shape index (κ3) is 5.87. The molecule has 0 saturated heterocycles. The minimum absolute atomic E-state index is 0.472. The van der Waals surface area contributed by atoms with Gasteiger partial charge in [-0.15, -0.1) is 0 Å². The van der Waals surface area contributed by atoms with Crippen molar-refractivity contribution in [2.24, 2.45) is 0 Å². The van der Waals surface area contributed by atoms with Crippen molar-refractivity contribution in [3.63, 3.8) is 0 Å². The number of rotatable bonds is 6. The molecule has 2 heteroatoms. The number of hydrogen-bond donors (Lipinski definition) is 1. The van der Waals surface area contributed by atoms with E-state index in [0.717, 1.165) is 17.9 Å². The van der Waals surface area contributed by atoms with Gasteiger partial charge in [0, 0.05) is 25.2 Å². The molecular weight excluding hydrogens is 210 g/mol. The summed E-state index contributed by atoms with van der Waals surface area (Å²) in [6.45, 7) is 2.67. The summed E-state index contributed by atoms with van der Waals surface area (Å²) < 4.78 is 5.54. The molecule has 0 aliphatic rings. The van der Waals surface area contributed by atoms with Crippen LogP contribution in [0.2, 0.25) is 0 Å². The van der Waals surface area contributed by atoms with E-state index in [-0.39, 0.29) is 0 Å². The van der Waals surface area contributed by atoms with Crippen molar-refractivity contribution in [2.45, 2.75) is 32.6 Å². The predicted molar refractivity (Wildman–Crippen MR) is 73.4 cm³/mol. The minimum Gasteiger partial charge on any atom is -0.481 e. The summed E-state index contributed by atoms with van der Waals surface area (Å²) in [4.78, 5) is 0. The van der Waals surface area contributed by atoms with Crippen molar-refractivity contribution in [2.75, 3.05) is 19.0 Å². The summed E-state index contributed by atoms with van der Waals surface area (Å²) >= 11 is 0. The van der Waals surface area contributed by atoms with E-state index in [1.807, 2.05) is 31.3 Å². The SMILES string of the molecule is CCCCCC#CCOc1cccc(NC)c1. The highest BCUT2D eigenvalue weighted by molar-refractivity contribution is 5.47. The predicted octanol–water partition coefficient (Wildman–Crippen LogP) is 3.69. The van der Waals surface area contributed by atoms with Crippen LogP contribution in [0.5, 0.6) is 5.75 Å². The van der Waals surface area contributed by atoms with Gasteiger partial charge in [0.2, 0.25) is 0 Å². The Morgan fingerprint density at radius 2 is 2.12 bits per heavy atom. The molecule has 1 rings (SSSR count). The number of benzene rings is 1. The summed E-state index contributed by atoms with van der Waals surface area (Å²) in [5.74, 6) is 7.03. The van der Waals surface area contributed by atoms with Crippen molar-refractivity contribution >= 4 is 5.69 Å². The average molecular weight is 231 g/mol. The van der Waals surface area contributed by atoms with E-state index in [1.165, 1.54) is 19.3 Å². The standard InChI is InChI=1S/C15H21NO/c1-3-4-5-6-7-8-12-17-15-11-9-10-14(13-15)16-2/h9-11,13,16H,3-6,12H2,1-2H3. The monoisotopic (exact) mass is 231 g/mol. The fourth-order valence-electron chi connectivity index (χ4n) is 1.46. The first-order valence-corrected chi connectivity index (χ1v) is 6.23. The maximum Gasteiger partial charge on any atom is 0.149 e. The Balaban J connectivity index is 2.25.